The molecule has 3 rings (SSSR count). The minimum absolute atomic E-state index is 0.0715. The monoisotopic (exact) mass is 405 g/mol. The lowest BCUT2D eigenvalue weighted by molar-refractivity contribution is -0.384. The molecule has 2 aromatic carbocycles. The van der Waals surface area contributed by atoms with Gasteiger partial charge in [0.15, 0.2) is 0 Å². The number of nitrogens with zero attached hydrogens (tertiary/aromatic N) is 3. The third kappa shape index (κ3) is 4.15. The van der Waals surface area contributed by atoms with E-state index in [-0.39, 0.29) is 17.1 Å². The van der Waals surface area contributed by atoms with E-state index >= 15 is 0 Å². The minimum Gasteiger partial charge on any atom is -0.258 e. The fraction of sp³-hybridized carbons (Fsp3) is 0.222. The highest BCUT2D eigenvalue weighted by Crippen LogP contribution is 2.29. The van der Waals surface area contributed by atoms with E-state index in [9.17, 15) is 18.5 Å². The van der Waals surface area contributed by atoms with Crippen LogP contribution in [0, 0.1) is 10.1 Å². The molecule has 27 heavy (non-hydrogen) atoms. The molecule has 1 heterocycles. The fourth-order valence-electron chi connectivity index (χ4n) is 2.56. The summed E-state index contributed by atoms with van der Waals surface area (Å²) >= 11 is 0. The predicted octanol–water partition coefficient (Wildman–Crippen LogP) is 3.98. The van der Waals surface area contributed by atoms with E-state index in [0.717, 1.165) is 11.1 Å². The molecule has 7 nitrogen and oxygen atoms in total. The van der Waals surface area contributed by atoms with Gasteiger partial charge in [0, 0.05) is 24.4 Å². The van der Waals surface area contributed by atoms with Gasteiger partial charge in [-0.3, -0.25) is 10.1 Å². The van der Waals surface area contributed by atoms with Gasteiger partial charge < -0.3 is 0 Å². The van der Waals surface area contributed by atoms with Crippen LogP contribution in [0.3, 0.4) is 0 Å². The molecule has 0 radical (unpaired) electrons. The highest BCUT2D eigenvalue weighted by molar-refractivity contribution is 8.02. The van der Waals surface area contributed by atoms with Crippen molar-refractivity contribution >= 4 is 32.3 Å². The van der Waals surface area contributed by atoms with Crippen LogP contribution in [0.1, 0.15) is 13.8 Å². The summed E-state index contributed by atoms with van der Waals surface area (Å²) in [6.45, 7) is 4.13. The summed E-state index contributed by atoms with van der Waals surface area (Å²) in [4.78, 5) is 10.7. The zero-order valence-electron chi connectivity index (χ0n) is 14.9. The Bertz CT molecular complexity index is 1050. The first-order chi connectivity index (χ1) is 12.8. The second-order valence-corrected chi connectivity index (χ2v) is 9.88. The van der Waals surface area contributed by atoms with Crippen molar-refractivity contribution in [2.45, 2.75) is 18.7 Å². The number of hydrogen-bond donors (Lipinski definition) is 0. The average Bonchev–Trinajstić information content (AvgIpc) is 2.65. The van der Waals surface area contributed by atoms with Gasteiger partial charge in [-0.05, 0) is 42.9 Å². The molecule has 0 saturated heterocycles. The molecule has 0 aliphatic carbocycles. The van der Waals surface area contributed by atoms with Gasteiger partial charge in [-0.1, -0.05) is 35.4 Å². The highest BCUT2D eigenvalue weighted by atomic mass is 32.3. The quantitative estimate of drug-likeness (QED) is 0.437. The summed E-state index contributed by atoms with van der Waals surface area (Å²) in [5.41, 5.74) is 2.41. The molecule has 0 aromatic heterocycles. The zero-order chi connectivity index (χ0) is 19.6. The van der Waals surface area contributed by atoms with Crippen LogP contribution in [-0.2, 0) is 20.9 Å². The molecular formula is C18H19N3O4S2. The van der Waals surface area contributed by atoms with Crippen LogP contribution in [0.25, 0.3) is 0 Å². The molecule has 0 spiro atoms. The molecule has 9 heteroatoms. The Kier molecular flexibility index (Phi) is 5.54. The van der Waals surface area contributed by atoms with Gasteiger partial charge in [-0.2, -0.15) is 0 Å². The molecule has 0 amide bonds. The summed E-state index contributed by atoms with van der Waals surface area (Å²) in [6.07, 6.45) is 0. The summed E-state index contributed by atoms with van der Waals surface area (Å²) < 4.78 is 32.3. The topological polar surface area (TPSA) is 92.9 Å². The van der Waals surface area contributed by atoms with Crippen molar-refractivity contribution in [3.8, 4) is 0 Å². The van der Waals surface area contributed by atoms with Crippen LogP contribution >= 0.6 is 0 Å². The van der Waals surface area contributed by atoms with Crippen molar-refractivity contribution < 1.29 is 13.3 Å². The number of nitro benzene ring substituents is 1. The van der Waals surface area contributed by atoms with Crippen LogP contribution in [0.5, 0.6) is 0 Å². The van der Waals surface area contributed by atoms with Crippen LogP contribution in [0.4, 0.5) is 11.4 Å². The highest BCUT2D eigenvalue weighted by Gasteiger charge is 2.31. The lowest BCUT2D eigenvalue weighted by Gasteiger charge is -2.30. The van der Waals surface area contributed by atoms with E-state index in [1.807, 2.05) is 13.8 Å². The molecule has 0 fully saturated rings. The van der Waals surface area contributed by atoms with E-state index in [4.69, 9.17) is 0 Å². The van der Waals surface area contributed by atoms with Crippen molar-refractivity contribution in [2.24, 2.45) is 4.36 Å². The van der Waals surface area contributed by atoms with Gasteiger partial charge in [-0.15, -0.1) is 3.71 Å². The summed E-state index contributed by atoms with van der Waals surface area (Å²) in [7, 11) is -4.72. The van der Waals surface area contributed by atoms with Gasteiger partial charge in [0.2, 0.25) is 0 Å². The van der Waals surface area contributed by atoms with E-state index in [1.165, 1.54) is 15.8 Å². The maximum absolute atomic E-state index is 13.2. The van der Waals surface area contributed by atoms with E-state index in [1.54, 1.807) is 42.5 Å². The first kappa shape index (κ1) is 19.4. The van der Waals surface area contributed by atoms with Crippen molar-refractivity contribution in [3.05, 3.63) is 75.9 Å². The fourth-order valence-corrected chi connectivity index (χ4v) is 6.72. The average molecular weight is 406 g/mol. The van der Waals surface area contributed by atoms with E-state index < -0.39 is 25.8 Å². The molecule has 142 valence electrons. The Labute approximate surface area is 160 Å². The Hall–Kier alpha value is -2.36. The SMILES string of the molecule is CC1=C(C)CS(=Nc2cccc([N+](=O)[O-])c2)N(S(=O)(=O)c2ccccc2)C1. The molecule has 0 N–H and O–H groups in total. The Morgan fingerprint density at radius 1 is 1.07 bits per heavy atom. The Morgan fingerprint density at radius 3 is 2.44 bits per heavy atom. The molecule has 1 aliphatic heterocycles. The van der Waals surface area contributed by atoms with Crippen molar-refractivity contribution in [2.75, 3.05) is 12.3 Å². The standard InChI is InChI=1S/C18H19N3O4S2/c1-14-12-20(27(24,25)18-9-4-3-5-10-18)26(13-15(14)2)19-16-7-6-8-17(11-16)21(22)23/h3-11H,12-13H2,1-2H3. The molecule has 1 atom stereocenters. The summed E-state index contributed by atoms with van der Waals surface area (Å²) in [5, 5.41) is 11.0. The normalized spacial score (nSPS) is 18.7. The second-order valence-electron chi connectivity index (χ2n) is 6.19. The molecule has 0 bridgehead atoms. The van der Waals surface area contributed by atoms with Gasteiger partial charge in [0.05, 0.1) is 15.5 Å². The summed E-state index contributed by atoms with van der Waals surface area (Å²) in [5.74, 6) is 0.473. The maximum Gasteiger partial charge on any atom is 0.271 e. The smallest absolute Gasteiger partial charge is 0.258 e. The third-order valence-corrected chi connectivity index (χ3v) is 8.59. The van der Waals surface area contributed by atoms with Gasteiger partial charge >= 0.3 is 0 Å². The Balaban J connectivity index is 2.09. The minimum atomic E-state index is -3.73. The number of nitro groups is 1. The van der Waals surface area contributed by atoms with Crippen molar-refractivity contribution in [1.29, 1.82) is 0 Å². The molecule has 1 unspecified atom stereocenters. The molecule has 0 saturated carbocycles. The maximum atomic E-state index is 13.2. The number of benzene rings is 2. The largest absolute Gasteiger partial charge is 0.271 e. The van der Waals surface area contributed by atoms with Crippen molar-refractivity contribution in [3.63, 3.8) is 0 Å². The number of sulfonamides is 1. The molecular weight excluding hydrogens is 386 g/mol. The lowest BCUT2D eigenvalue weighted by Crippen LogP contribution is -2.38. The van der Waals surface area contributed by atoms with Crippen molar-refractivity contribution in [1.82, 2.24) is 3.71 Å². The number of rotatable bonds is 4. The number of non-ortho nitro benzene ring substituents is 1. The molecule has 1 aliphatic rings. The van der Waals surface area contributed by atoms with E-state index in [2.05, 4.69) is 4.36 Å². The summed E-state index contributed by atoms with van der Waals surface area (Å²) in [6, 6.07) is 14.2. The number of hydrogen-bond acceptors (Lipinski definition) is 5. The van der Waals surface area contributed by atoms with Gasteiger partial charge in [-0.25, -0.2) is 12.8 Å². The third-order valence-electron chi connectivity index (χ3n) is 4.24. The zero-order valence-corrected chi connectivity index (χ0v) is 16.5. The van der Waals surface area contributed by atoms with Gasteiger partial charge in [0.1, 0.15) is 0 Å². The van der Waals surface area contributed by atoms with Crippen LogP contribution in [0.2, 0.25) is 0 Å². The van der Waals surface area contributed by atoms with E-state index in [0.29, 0.717) is 11.4 Å². The molecule has 2 aromatic rings. The van der Waals surface area contributed by atoms with Crippen LogP contribution in [0.15, 0.2) is 75.0 Å². The second kappa shape index (κ2) is 7.71. The van der Waals surface area contributed by atoms with Gasteiger partial charge in [0.25, 0.3) is 15.7 Å². The lowest BCUT2D eigenvalue weighted by atomic mass is 10.2. The van der Waals surface area contributed by atoms with Crippen LogP contribution < -0.4 is 0 Å². The first-order valence-electron chi connectivity index (χ1n) is 8.19. The Morgan fingerprint density at radius 2 is 1.78 bits per heavy atom. The van der Waals surface area contributed by atoms with Crippen LogP contribution in [-0.4, -0.2) is 29.3 Å². The predicted molar refractivity (Wildman–Crippen MR) is 106 cm³/mol. The first-order valence-corrected chi connectivity index (χ1v) is 10.9.